The molecule has 0 atom stereocenters. The molecule has 1 spiro atoms. The van der Waals surface area contributed by atoms with E-state index < -0.39 is 5.41 Å². The second kappa shape index (κ2) is 13.1. The minimum Gasteiger partial charge on any atom is -0.310 e. The molecule has 13 aromatic rings. The van der Waals surface area contributed by atoms with Crippen LogP contribution in [0.5, 0.6) is 0 Å². The van der Waals surface area contributed by atoms with Gasteiger partial charge in [-0.25, -0.2) is 0 Å². The van der Waals surface area contributed by atoms with Gasteiger partial charge < -0.3 is 9.47 Å². The Bertz CT molecular complexity index is 4100. The summed E-state index contributed by atoms with van der Waals surface area (Å²) in [5.74, 6) is 0. The molecule has 0 bridgehead atoms. The average Bonchev–Trinajstić information content (AvgIpc) is 4.16. The lowest BCUT2D eigenvalue weighted by atomic mass is 9.70. The van der Waals surface area contributed by atoms with Gasteiger partial charge >= 0.3 is 0 Å². The van der Waals surface area contributed by atoms with Crippen molar-refractivity contribution in [2.45, 2.75) is 5.41 Å². The summed E-state index contributed by atoms with van der Waals surface area (Å²) < 4.78 is 7.74. The topological polar surface area (TPSA) is 8.17 Å². The lowest BCUT2D eigenvalue weighted by molar-refractivity contribution is 0.794. The van der Waals surface area contributed by atoms with Gasteiger partial charge in [-0.05, 0) is 106 Å². The fourth-order valence-electron chi connectivity index (χ4n) is 11.9. The Morgan fingerprint density at radius 3 is 1.71 bits per heavy atom. The van der Waals surface area contributed by atoms with Gasteiger partial charge in [0.2, 0.25) is 0 Å². The third-order valence-electron chi connectivity index (χ3n) is 14.4. The van der Waals surface area contributed by atoms with Gasteiger partial charge in [-0.1, -0.05) is 152 Å². The molecule has 0 amide bonds. The highest BCUT2D eigenvalue weighted by molar-refractivity contribution is 7.27. The van der Waals surface area contributed by atoms with Crippen LogP contribution in [0.25, 0.3) is 90.1 Å². The normalized spacial score (nSPS) is 13.4. The summed E-state index contributed by atoms with van der Waals surface area (Å²) in [7, 11) is 0. The molecule has 10 aromatic carbocycles. The molecule has 3 heterocycles. The predicted molar refractivity (Wildman–Crippen MR) is 278 cm³/mol. The monoisotopic (exact) mass is 860 g/mol. The van der Waals surface area contributed by atoms with Crippen LogP contribution in [0.4, 0.5) is 17.1 Å². The summed E-state index contributed by atoms with van der Waals surface area (Å²) in [5.41, 5.74) is 17.1. The summed E-state index contributed by atoms with van der Waals surface area (Å²) in [6.07, 6.45) is 0. The van der Waals surface area contributed by atoms with E-state index in [9.17, 15) is 0 Å². The Hall–Kier alpha value is -7.76. The minimum absolute atomic E-state index is 0.451. The Balaban J connectivity index is 1.06. The number of aromatic nitrogens is 1. The zero-order valence-corrected chi connectivity index (χ0v) is 36.6. The van der Waals surface area contributed by atoms with Crippen molar-refractivity contribution < 1.29 is 0 Å². The molecule has 0 unspecified atom stereocenters. The van der Waals surface area contributed by atoms with Crippen LogP contribution in [-0.2, 0) is 5.41 Å². The zero-order chi connectivity index (χ0) is 42.4. The Labute approximate surface area is 383 Å². The Kier molecular flexibility index (Phi) is 7.22. The number of hydrogen-bond acceptors (Lipinski definition) is 3. The quantitative estimate of drug-likeness (QED) is 0.171. The summed E-state index contributed by atoms with van der Waals surface area (Å²) >= 11 is 3.77. The number of rotatable bonds is 4. The molecular formula is C61H36N2S2. The van der Waals surface area contributed by atoms with Crippen molar-refractivity contribution in [3.63, 3.8) is 0 Å². The van der Waals surface area contributed by atoms with Crippen LogP contribution in [0, 0.1) is 0 Å². The highest BCUT2D eigenvalue weighted by Gasteiger charge is 2.52. The van der Waals surface area contributed by atoms with Crippen LogP contribution < -0.4 is 4.90 Å². The SMILES string of the molecule is c1ccc(-n2c3cc(N(c4ccc5sc6ccccc6c5c4)c4cccc5c4-c4ccccc4C54c5ccccc5-c5ccccc54)ccc3c3c4sc5ccccc5c4ccc32)cc1. The average molecular weight is 861 g/mol. The smallest absolute Gasteiger partial charge is 0.0726 e. The van der Waals surface area contributed by atoms with Gasteiger partial charge in [0.15, 0.2) is 0 Å². The number of hydrogen-bond donors (Lipinski definition) is 0. The number of thiophene rings is 2. The van der Waals surface area contributed by atoms with Crippen molar-refractivity contribution in [2.24, 2.45) is 0 Å². The van der Waals surface area contributed by atoms with E-state index in [1.165, 1.54) is 112 Å². The van der Waals surface area contributed by atoms with Gasteiger partial charge in [-0.2, -0.15) is 0 Å². The minimum atomic E-state index is -0.451. The second-order valence-electron chi connectivity index (χ2n) is 17.5. The molecule has 0 saturated carbocycles. The summed E-state index contributed by atoms with van der Waals surface area (Å²) in [6.45, 7) is 0. The molecule has 0 N–H and O–H groups in total. The molecule has 3 aromatic heterocycles. The first-order valence-corrected chi connectivity index (χ1v) is 24.0. The largest absolute Gasteiger partial charge is 0.310 e. The third-order valence-corrected chi connectivity index (χ3v) is 16.7. The number of benzene rings is 10. The van der Waals surface area contributed by atoms with E-state index in [-0.39, 0.29) is 0 Å². The molecular weight excluding hydrogens is 825 g/mol. The lowest BCUT2D eigenvalue weighted by Crippen LogP contribution is -2.26. The second-order valence-corrected chi connectivity index (χ2v) is 19.6. The molecule has 0 aliphatic heterocycles. The van der Waals surface area contributed by atoms with Crippen molar-refractivity contribution >= 4 is 102 Å². The zero-order valence-electron chi connectivity index (χ0n) is 35.0. The number of para-hydroxylation sites is 1. The summed E-state index contributed by atoms with van der Waals surface area (Å²) in [5, 5.41) is 7.77. The van der Waals surface area contributed by atoms with E-state index >= 15 is 0 Å². The maximum atomic E-state index is 2.55. The van der Waals surface area contributed by atoms with Crippen LogP contribution in [0.15, 0.2) is 218 Å². The number of fused-ring (bicyclic) bond motifs is 20. The first kappa shape index (κ1) is 35.7. The standard InChI is InChI=1S/C61H36N2S2/c1-2-15-37(16-3-1)63-53-33-32-44-42-19-7-13-28-56(42)65-60(44)59(53)46-31-29-39(36-54(46)63)62(38-30-34-57-47(35-38)43-20-8-12-27-55(43)64-57)52-26-14-25-51-58(52)45-21-6-11-24-50(45)61(51)48-22-9-4-17-40(48)41-18-5-10-23-49(41)61/h1-36H. The molecule has 2 aliphatic rings. The number of anilines is 3. The van der Waals surface area contributed by atoms with Gasteiger partial charge in [-0.15, -0.1) is 22.7 Å². The van der Waals surface area contributed by atoms with E-state index in [0.717, 1.165) is 17.1 Å². The van der Waals surface area contributed by atoms with Crippen molar-refractivity contribution in [2.75, 3.05) is 4.90 Å². The summed E-state index contributed by atoms with van der Waals surface area (Å²) in [4.78, 5) is 2.55. The van der Waals surface area contributed by atoms with E-state index in [2.05, 4.69) is 228 Å². The van der Waals surface area contributed by atoms with Gasteiger partial charge in [0.1, 0.15) is 0 Å². The first-order valence-electron chi connectivity index (χ1n) is 22.3. The van der Waals surface area contributed by atoms with Crippen molar-refractivity contribution in [3.8, 4) is 27.9 Å². The maximum Gasteiger partial charge on any atom is 0.0726 e. The van der Waals surface area contributed by atoms with Crippen LogP contribution in [-0.4, -0.2) is 4.57 Å². The molecule has 2 nitrogen and oxygen atoms in total. The number of nitrogens with zero attached hydrogens (tertiary/aromatic N) is 2. The fraction of sp³-hybridized carbons (Fsp3) is 0.0164. The maximum absolute atomic E-state index is 2.55. The van der Waals surface area contributed by atoms with Crippen LogP contribution in [0.3, 0.4) is 0 Å². The van der Waals surface area contributed by atoms with Crippen LogP contribution in [0.1, 0.15) is 22.3 Å². The molecule has 0 radical (unpaired) electrons. The van der Waals surface area contributed by atoms with Crippen LogP contribution >= 0.6 is 22.7 Å². The molecule has 0 fully saturated rings. The van der Waals surface area contributed by atoms with Gasteiger partial charge in [0, 0.05) is 73.7 Å². The van der Waals surface area contributed by atoms with E-state index in [4.69, 9.17) is 0 Å². The predicted octanol–water partition coefficient (Wildman–Crippen LogP) is 17.3. The van der Waals surface area contributed by atoms with E-state index in [0.29, 0.717) is 0 Å². The lowest BCUT2D eigenvalue weighted by Gasteiger charge is -2.32. The van der Waals surface area contributed by atoms with Crippen LogP contribution in [0.2, 0.25) is 0 Å². The van der Waals surface area contributed by atoms with Crippen molar-refractivity contribution in [3.05, 3.63) is 241 Å². The molecule has 15 rings (SSSR count). The highest BCUT2D eigenvalue weighted by atomic mass is 32.1. The van der Waals surface area contributed by atoms with Gasteiger partial charge in [0.05, 0.1) is 22.1 Å². The Morgan fingerprint density at radius 2 is 0.938 bits per heavy atom. The molecule has 302 valence electrons. The van der Waals surface area contributed by atoms with E-state index in [1.807, 2.05) is 22.7 Å². The molecule has 0 saturated heterocycles. The van der Waals surface area contributed by atoms with E-state index in [1.54, 1.807) is 0 Å². The molecule has 4 heteroatoms. The van der Waals surface area contributed by atoms with Crippen molar-refractivity contribution in [1.29, 1.82) is 0 Å². The van der Waals surface area contributed by atoms with Gasteiger partial charge in [0.25, 0.3) is 0 Å². The van der Waals surface area contributed by atoms with Crippen molar-refractivity contribution in [1.82, 2.24) is 4.57 Å². The Morgan fingerprint density at radius 1 is 0.369 bits per heavy atom. The summed E-state index contributed by atoms with van der Waals surface area (Å²) in [6, 6.07) is 82.0. The molecule has 2 aliphatic carbocycles. The fourth-order valence-corrected chi connectivity index (χ4v) is 14.2. The first-order chi connectivity index (χ1) is 32.3. The molecule has 65 heavy (non-hydrogen) atoms. The highest BCUT2D eigenvalue weighted by Crippen LogP contribution is 2.65. The third kappa shape index (κ3) is 4.67. The van der Waals surface area contributed by atoms with Gasteiger partial charge in [-0.3, -0.25) is 0 Å².